The van der Waals surface area contributed by atoms with Crippen molar-refractivity contribution in [3.05, 3.63) is 0 Å². The van der Waals surface area contributed by atoms with Crippen molar-refractivity contribution in [1.82, 2.24) is 10.6 Å². The lowest BCUT2D eigenvalue weighted by Gasteiger charge is -2.19. The van der Waals surface area contributed by atoms with E-state index in [1.807, 2.05) is 13.8 Å². The summed E-state index contributed by atoms with van der Waals surface area (Å²) in [6.07, 6.45) is 2.67. The number of hydrogen-bond acceptors (Lipinski definition) is 2. The standard InChI is InChI=1S/C12H23ClN2O2/c1-9(2)8-10(12(17)14-3)15-11(16)6-4-5-7-13/h9-10H,4-8H2,1-3H3,(H,14,17)(H,15,16). The second-order valence-electron chi connectivity index (χ2n) is 4.51. The van der Waals surface area contributed by atoms with Gasteiger partial charge in [-0.05, 0) is 25.2 Å². The summed E-state index contributed by atoms with van der Waals surface area (Å²) in [4.78, 5) is 23.2. The molecule has 1 unspecified atom stereocenters. The summed E-state index contributed by atoms with van der Waals surface area (Å²) in [5.74, 6) is 0.715. The highest BCUT2D eigenvalue weighted by molar-refractivity contribution is 6.17. The smallest absolute Gasteiger partial charge is 0.242 e. The summed E-state index contributed by atoms with van der Waals surface area (Å²) in [6.45, 7) is 4.05. The van der Waals surface area contributed by atoms with Gasteiger partial charge in [-0.3, -0.25) is 9.59 Å². The maximum absolute atomic E-state index is 11.6. The van der Waals surface area contributed by atoms with Gasteiger partial charge >= 0.3 is 0 Å². The third-order valence-electron chi connectivity index (χ3n) is 2.39. The molecule has 0 saturated carbocycles. The summed E-state index contributed by atoms with van der Waals surface area (Å²) in [5.41, 5.74) is 0. The molecule has 0 aromatic heterocycles. The lowest BCUT2D eigenvalue weighted by molar-refractivity contribution is -0.129. The van der Waals surface area contributed by atoms with E-state index in [0.29, 0.717) is 24.6 Å². The van der Waals surface area contributed by atoms with Crippen LogP contribution in [0.1, 0.15) is 39.5 Å². The molecule has 100 valence electrons. The minimum atomic E-state index is -0.427. The minimum absolute atomic E-state index is 0.0793. The van der Waals surface area contributed by atoms with Gasteiger partial charge in [-0.2, -0.15) is 0 Å². The van der Waals surface area contributed by atoms with Crippen LogP contribution in [0.5, 0.6) is 0 Å². The number of halogens is 1. The molecule has 4 nitrogen and oxygen atoms in total. The highest BCUT2D eigenvalue weighted by Gasteiger charge is 2.20. The van der Waals surface area contributed by atoms with E-state index in [9.17, 15) is 9.59 Å². The van der Waals surface area contributed by atoms with Gasteiger partial charge in [0.15, 0.2) is 0 Å². The predicted octanol–water partition coefficient (Wildman–Crippen LogP) is 1.67. The molecule has 0 heterocycles. The van der Waals surface area contributed by atoms with Crippen LogP contribution in [0.25, 0.3) is 0 Å². The fraction of sp³-hybridized carbons (Fsp3) is 0.833. The fourth-order valence-electron chi connectivity index (χ4n) is 1.52. The van der Waals surface area contributed by atoms with E-state index in [4.69, 9.17) is 11.6 Å². The monoisotopic (exact) mass is 262 g/mol. The Bertz CT molecular complexity index is 245. The van der Waals surface area contributed by atoms with Crippen LogP contribution < -0.4 is 10.6 Å². The van der Waals surface area contributed by atoms with E-state index in [1.54, 1.807) is 7.05 Å². The topological polar surface area (TPSA) is 58.2 Å². The van der Waals surface area contributed by atoms with Gasteiger partial charge in [-0.15, -0.1) is 11.6 Å². The van der Waals surface area contributed by atoms with E-state index >= 15 is 0 Å². The van der Waals surface area contributed by atoms with E-state index in [1.165, 1.54) is 0 Å². The van der Waals surface area contributed by atoms with Crippen molar-refractivity contribution in [2.45, 2.75) is 45.6 Å². The Kier molecular flexibility index (Phi) is 8.86. The SMILES string of the molecule is CNC(=O)C(CC(C)C)NC(=O)CCCCCl. The quantitative estimate of drug-likeness (QED) is 0.516. The molecular weight excluding hydrogens is 240 g/mol. The molecule has 0 radical (unpaired) electrons. The number of alkyl halides is 1. The maximum atomic E-state index is 11.6. The molecule has 0 aliphatic carbocycles. The molecule has 5 heteroatoms. The molecule has 0 aromatic rings. The largest absolute Gasteiger partial charge is 0.357 e. The summed E-state index contributed by atoms with van der Waals surface area (Å²) >= 11 is 5.54. The fourth-order valence-corrected chi connectivity index (χ4v) is 1.71. The van der Waals surface area contributed by atoms with Crippen LogP contribution in [0.15, 0.2) is 0 Å². The van der Waals surface area contributed by atoms with Crippen LogP contribution in [0.3, 0.4) is 0 Å². The van der Waals surface area contributed by atoms with Crippen LogP contribution in [0.4, 0.5) is 0 Å². The number of nitrogens with one attached hydrogen (secondary N) is 2. The molecule has 0 saturated heterocycles. The highest BCUT2D eigenvalue weighted by Crippen LogP contribution is 2.06. The number of rotatable bonds is 8. The maximum Gasteiger partial charge on any atom is 0.242 e. The average Bonchev–Trinajstić information content (AvgIpc) is 2.27. The van der Waals surface area contributed by atoms with Gasteiger partial charge < -0.3 is 10.6 Å². The summed E-state index contributed by atoms with van der Waals surface area (Å²) < 4.78 is 0. The van der Waals surface area contributed by atoms with Crippen molar-refractivity contribution < 1.29 is 9.59 Å². The summed E-state index contributed by atoms with van der Waals surface area (Å²) in [5, 5.41) is 5.33. The zero-order valence-electron chi connectivity index (χ0n) is 10.9. The van der Waals surface area contributed by atoms with Crippen LogP contribution in [-0.2, 0) is 9.59 Å². The van der Waals surface area contributed by atoms with Gasteiger partial charge in [-0.1, -0.05) is 13.8 Å². The molecule has 0 aliphatic heterocycles. The van der Waals surface area contributed by atoms with Crippen molar-refractivity contribution in [3.63, 3.8) is 0 Å². The zero-order chi connectivity index (χ0) is 13.3. The first-order valence-corrected chi connectivity index (χ1v) is 6.61. The number of amides is 2. The van der Waals surface area contributed by atoms with Gasteiger partial charge in [0.25, 0.3) is 0 Å². The number of carbonyl (C=O) groups excluding carboxylic acids is 2. The van der Waals surface area contributed by atoms with Crippen molar-refractivity contribution >= 4 is 23.4 Å². The second kappa shape index (κ2) is 9.28. The molecule has 0 spiro atoms. The second-order valence-corrected chi connectivity index (χ2v) is 4.89. The van der Waals surface area contributed by atoms with Crippen LogP contribution in [-0.4, -0.2) is 30.8 Å². The Hall–Kier alpha value is -0.770. The number of hydrogen-bond donors (Lipinski definition) is 2. The van der Waals surface area contributed by atoms with E-state index in [0.717, 1.165) is 12.8 Å². The normalized spacial score (nSPS) is 12.3. The first-order valence-electron chi connectivity index (χ1n) is 6.08. The number of carbonyl (C=O) groups is 2. The molecule has 1 atom stereocenters. The van der Waals surface area contributed by atoms with Crippen molar-refractivity contribution in [3.8, 4) is 0 Å². The number of unbranched alkanes of at least 4 members (excludes halogenated alkanes) is 1. The van der Waals surface area contributed by atoms with E-state index < -0.39 is 6.04 Å². The van der Waals surface area contributed by atoms with Crippen molar-refractivity contribution in [1.29, 1.82) is 0 Å². The van der Waals surface area contributed by atoms with Crippen LogP contribution in [0.2, 0.25) is 0 Å². The third kappa shape index (κ3) is 8.02. The first kappa shape index (κ1) is 16.2. The molecule has 0 aliphatic rings. The molecule has 0 bridgehead atoms. The van der Waals surface area contributed by atoms with Gasteiger partial charge in [0.1, 0.15) is 6.04 Å². The molecular formula is C12H23ClN2O2. The molecule has 2 N–H and O–H groups in total. The Labute approximate surface area is 108 Å². The Morgan fingerprint density at radius 3 is 2.35 bits per heavy atom. The molecule has 2 amide bonds. The molecule has 0 aromatic carbocycles. The summed E-state index contributed by atoms with van der Waals surface area (Å²) in [6, 6.07) is -0.427. The zero-order valence-corrected chi connectivity index (χ0v) is 11.6. The van der Waals surface area contributed by atoms with E-state index in [-0.39, 0.29) is 11.8 Å². The predicted molar refractivity (Wildman–Crippen MR) is 70.0 cm³/mol. The lowest BCUT2D eigenvalue weighted by Crippen LogP contribution is -2.46. The molecule has 0 rings (SSSR count). The Morgan fingerprint density at radius 1 is 1.24 bits per heavy atom. The van der Waals surface area contributed by atoms with Gasteiger partial charge in [-0.25, -0.2) is 0 Å². The third-order valence-corrected chi connectivity index (χ3v) is 2.66. The minimum Gasteiger partial charge on any atom is -0.357 e. The number of likely N-dealkylation sites (N-methyl/N-ethyl adjacent to an activating group) is 1. The molecule has 17 heavy (non-hydrogen) atoms. The highest BCUT2D eigenvalue weighted by atomic mass is 35.5. The summed E-state index contributed by atoms with van der Waals surface area (Å²) in [7, 11) is 1.58. The Balaban J connectivity index is 4.13. The van der Waals surface area contributed by atoms with Gasteiger partial charge in [0.05, 0.1) is 0 Å². The lowest BCUT2D eigenvalue weighted by atomic mass is 10.0. The van der Waals surface area contributed by atoms with Crippen molar-refractivity contribution in [2.75, 3.05) is 12.9 Å². The Morgan fingerprint density at radius 2 is 1.88 bits per heavy atom. The van der Waals surface area contributed by atoms with Crippen LogP contribution in [0, 0.1) is 5.92 Å². The van der Waals surface area contributed by atoms with E-state index in [2.05, 4.69) is 10.6 Å². The van der Waals surface area contributed by atoms with Crippen LogP contribution >= 0.6 is 11.6 Å². The first-order chi connectivity index (χ1) is 8.01. The van der Waals surface area contributed by atoms with Gasteiger partial charge in [0, 0.05) is 19.3 Å². The average molecular weight is 263 g/mol. The van der Waals surface area contributed by atoms with Gasteiger partial charge in [0.2, 0.25) is 11.8 Å². The van der Waals surface area contributed by atoms with Crippen molar-refractivity contribution in [2.24, 2.45) is 5.92 Å². The molecule has 0 fully saturated rings.